The fourth-order valence-electron chi connectivity index (χ4n) is 6.43. The highest BCUT2D eigenvalue weighted by atomic mass is 15.2. The van der Waals surface area contributed by atoms with Crippen molar-refractivity contribution in [2.75, 3.05) is 9.80 Å². The maximum Gasteiger partial charge on any atom is 0.0546 e. The van der Waals surface area contributed by atoms with Crippen LogP contribution in [0.5, 0.6) is 0 Å². The lowest BCUT2D eigenvalue weighted by atomic mass is 9.91. The Morgan fingerprint density at radius 2 is 1.27 bits per heavy atom. The van der Waals surface area contributed by atoms with E-state index >= 15 is 0 Å². The predicted molar refractivity (Wildman–Crippen MR) is 170 cm³/mol. The number of allylic oxidation sites excluding steroid dienone is 4. The van der Waals surface area contributed by atoms with E-state index in [1.54, 1.807) is 0 Å². The van der Waals surface area contributed by atoms with Crippen molar-refractivity contribution in [3.05, 3.63) is 151 Å². The molecule has 40 heavy (non-hydrogen) atoms. The lowest BCUT2D eigenvalue weighted by molar-refractivity contribution is 0.919. The van der Waals surface area contributed by atoms with E-state index in [-0.39, 0.29) is 0 Å². The summed E-state index contributed by atoms with van der Waals surface area (Å²) >= 11 is 0. The third kappa shape index (κ3) is 3.57. The van der Waals surface area contributed by atoms with E-state index in [1.165, 1.54) is 61.1 Å². The normalized spacial score (nSPS) is 13.8. The van der Waals surface area contributed by atoms with Crippen LogP contribution in [-0.2, 0) is 0 Å². The SMILES string of the molecule is C1=CCCC(N(c2ccc(N3c4ccccc4-c4cccc5cccc3c45)cc2)c2cccc3ccccc23)=C1. The maximum absolute atomic E-state index is 2.44. The van der Waals surface area contributed by atoms with Crippen LogP contribution in [0.4, 0.5) is 28.4 Å². The predicted octanol–water partition coefficient (Wildman–Crippen LogP) is 10.8. The standard InChI is InChI=1S/C38H28N2/c1-2-15-29(16-3-1)39(35-21-9-12-27-11-4-5-17-32(27)35)30-23-25-31(26-24-30)40-36-20-7-6-18-33(36)34-19-8-13-28-14-10-22-37(40)38(28)34/h1-2,4-15,17-26H,3,16H2. The van der Waals surface area contributed by atoms with Crippen molar-refractivity contribution in [3.8, 4) is 11.1 Å². The Kier molecular flexibility index (Phi) is 5.31. The molecule has 0 bridgehead atoms. The number of para-hydroxylation sites is 1. The van der Waals surface area contributed by atoms with Gasteiger partial charge in [0.05, 0.1) is 17.1 Å². The zero-order chi connectivity index (χ0) is 26.5. The summed E-state index contributed by atoms with van der Waals surface area (Å²) in [6, 6.07) is 46.4. The van der Waals surface area contributed by atoms with Crippen LogP contribution < -0.4 is 9.80 Å². The molecule has 1 heterocycles. The highest BCUT2D eigenvalue weighted by Crippen LogP contribution is 2.51. The average molecular weight is 513 g/mol. The van der Waals surface area contributed by atoms with Gasteiger partial charge in [0.2, 0.25) is 0 Å². The van der Waals surface area contributed by atoms with Gasteiger partial charge in [0.25, 0.3) is 0 Å². The Morgan fingerprint density at radius 3 is 2.15 bits per heavy atom. The molecule has 1 aliphatic heterocycles. The summed E-state index contributed by atoms with van der Waals surface area (Å²) in [5.41, 5.74) is 9.88. The first-order chi connectivity index (χ1) is 19.9. The van der Waals surface area contributed by atoms with Gasteiger partial charge in [-0.15, -0.1) is 0 Å². The van der Waals surface area contributed by atoms with Crippen LogP contribution in [0.2, 0.25) is 0 Å². The molecule has 0 radical (unpaired) electrons. The maximum atomic E-state index is 2.44. The molecule has 2 aliphatic rings. The van der Waals surface area contributed by atoms with Crippen molar-refractivity contribution < 1.29 is 0 Å². The Labute approximate surface area is 234 Å². The van der Waals surface area contributed by atoms with Gasteiger partial charge in [-0.3, -0.25) is 0 Å². The molecule has 0 unspecified atom stereocenters. The number of nitrogens with zero attached hydrogens (tertiary/aromatic N) is 2. The summed E-state index contributed by atoms with van der Waals surface area (Å²) in [7, 11) is 0. The largest absolute Gasteiger partial charge is 0.314 e. The summed E-state index contributed by atoms with van der Waals surface area (Å²) < 4.78 is 0. The zero-order valence-corrected chi connectivity index (χ0v) is 22.2. The lowest BCUT2D eigenvalue weighted by Gasteiger charge is -2.34. The van der Waals surface area contributed by atoms with Crippen LogP contribution >= 0.6 is 0 Å². The lowest BCUT2D eigenvalue weighted by Crippen LogP contribution is -2.18. The molecule has 190 valence electrons. The van der Waals surface area contributed by atoms with E-state index < -0.39 is 0 Å². The number of rotatable bonds is 4. The van der Waals surface area contributed by atoms with Gasteiger partial charge in [-0.25, -0.2) is 0 Å². The van der Waals surface area contributed by atoms with Crippen molar-refractivity contribution in [1.82, 2.24) is 0 Å². The summed E-state index contributed by atoms with van der Waals surface area (Å²) in [5.74, 6) is 0. The Balaban J connectivity index is 1.29. The summed E-state index contributed by atoms with van der Waals surface area (Å²) in [5, 5.41) is 5.10. The molecule has 0 spiro atoms. The quantitative estimate of drug-likeness (QED) is 0.231. The highest BCUT2D eigenvalue weighted by Gasteiger charge is 2.26. The van der Waals surface area contributed by atoms with E-state index in [4.69, 9.17) is 0 Å². The molecule has 6 aromatic rings. The number of anilines is 5. The Hall–Kier alpha value is -5.08. The number of hydrogen-bond donors (Lipinski definition) is 0. The summed E-state index contributed by atoms with van der Waals surface area (Å²) in [6.07, 6.45) is 8.77. The molecule has 0 atom stereocenters. The van der Waals surface area contributed by atoms with E-state index in [1.807, 2.05) is 0 Å². The van der Waals surface area contributed by atoms with Crippen LogP contribution in [0.3, 0.4) is 0 Å². The van der Waals surface area contributed by atoms with Crippen molar-refractivity contribution >= 4 is 50.0 Å². The summed E-state index contributed by atoms with van der Waals surface area (Å²) in [4.78, 5) is 4.86. The molecule has 8 rings (SSSR count). The molecule has 2 heteroatoms. The van der Waals surface area contributed by atoms with Gasteiger partial charge in [0.15, 0.2) is 0 Å². The second-order valence-electron chi connectivity index (χ2n) is 10.5. The minimum absolute atomic E-state index is 1.01. The topological polar surface area (TPSA) is 6.48 Å². The second kappa shape index (κ2) is 9.29. The van der Waals surface area contributed by atoms with E-state index in [0.29, 0.717) is 0 Å². The molecule has 0 fully saturated rings. The molecule has 0 aromatic heterocycles. The third-order valence-electron chi connectivity index (χ3n) is 8.21. The van der Waals surface area contributed by atoms with Crippen LogP contribution in [-0.4, -0.2) is 0 Å². The minimum Gasteiger partial charge on any atom is -0.314 e. The summed E-state index contributed by atoms with van der Waals surface area (Å²) in [6.45, 7) is 0. The first kappa shape index (κ1) is 22.9. The molecular formula is C38H28N2. The van der Waals surface area contributed by atoms with Crippen molar-refractivity contribution in [2.24, 2.45) is 0 Å². The van der Waals surface area contributed by atoms with Crippen LogP contribution in [0.1, 0.15) is 12.8 Å². The molecule has 0 amide bonds. The van der Waals surface area contributed by atoms with Gasteiger partial charge in [-0.05, 0) is 77.7 Å². The van der Waals surface area contributed by atoms with Crippen molar-refractivity contribution in [2.45, 2.75) is 12.8 Å². The number of fused-ring (bicyclic) bond motifs is 3. The zero-order valence-electron chi connectivity index (χ0n) is 22.2. The number of benzene rings is 6. The second-order valence-corrected chi connectivity index (χ2v) is 10.5. The molecular weight excluding hydrogens is 484 g/mol. The first-order valence-corrected chi connectivity index (χ1v) is 14.0. The van der Waals surface area contributed by atoms with Gasteiger partial charge < -0.3 is 9.80 Å². The fraction of sp³-hybridized carbons (Fsp3) is 0.0526. The smallest absolute Gasteiger partial charge is 0.0546 e. The van der Waals surface area contributed by atoms with E-state index in [2.05, 4.69) is 155 Å². The Morgan fingerprint density at radius 1 is 0.575 bits per heavy atom. The van der Waals surface area contributed by atoms with Gasteiger partial charge in [0.1, 0.15) is 0 Å². The molecule has 0 saturated heterocycles. The first-order valence-electron chi connectivity index (χ1n) is 14.0. The average Bonchev–Trinajstić information content (AvgIpc) is 3.03. The fourth-order valence-corrected chi connectivity index (χ4v) is 6.43. The molecule has 2 nitrogen and oxygen atoms in total. The van der Waals surface area contributed by atoms with Crippen LogP contribution in [0.15, 0.2) is 151 Å². The Bertz CT molecular complexity index is 1950. The van der Waals surface area contributed by atoms with E-state index in [9.17, 15) is 0 Å². The molecule has 6 aromatic carbocycles. The van der Waals surface area contributed by atoms with Gasteiger partial charge >= 0.3 is 0 Å². The van der Waals surface area contributed by atoms with Gasteiger partial charge in [0, 0.05) is 33.4 Å². The minimum atomic E-state index is 1.01. The van der Waals surface area contributed by atoms with Crippen molar-refractivity contribution in [1.29, 1.82) is 0 Å². The van der Waals surface area contributed by atoms with Gasteiger partial charge in [-0.1, -0.05) is 97.1 Å². The monoisotopic (exact) mass is 512 g/mol. The van der Waals surface area contributed by atoms with Crippen molar-refractivity contribution in [3.63, 3.8) is 0 Å². The van der Waals surface area contributed by atoms with Crippen LogP contribution in [0.25, 0.3) is 32.7 Å². The van der Waals surface area contributed by atoms with E-state index in [0.717, 1.165) is 18.5 Å². The third-order valence-corrected chi connectivity index (χ3v) is 8.21. The van der Waals surface area contributed by atoms with Crippen LogP contribution in [0, 0.1) is 0 Å². The molecule has 1 aliphatic carbocycles. The number of hydrogen-bond acceptors (Lipinski definition) is 2. The highest BCUT2D eigenvalue weighted by molar-refractivity contribution is 6.13. The molecule has 0 saturated carbocycles. The molecule has 0 N–H and O–H groups in total. The van der Waals surface area contributed by atoms with Gasteiger partial charge in [-0.2, -0.15) is 0 Å².